The number of phenols is 1. The molecule has 1 aromatic rings. The van der Waals surface area contributed by atoms with Crippen LogP contribution in [-0.2, 0) is 0 Å². The second-order valence-corrected chi connectivity index (χ2v) is 3.04. The van der Waals surface area contributed by atoms with E-state index < -0.39 is 23.6 Å². The predicted molar refractivity (Wildman–Crippen MR) is 58.3 cm³/mol. The molecule has 0 aliphatic rings. The van der Waals surface area contributed by atoms with Gasteiger partial charge < -0.3 is 21.7 Å². The summed E-state index contributed by atoms with van der Waals surface area (Å²) in [6.07, 6.45) is 0. The molecule has 6 N–H and O–H groups in total. The molecule has 0 fully saturated rings. The van der Waals surface area contributed by atoms with Crippen LogP contribution in [0.4, 0.5) is 4.39 Å². The summed E-state index contributed by atoms with van der Waals surface area (Å²) in [5.41, 5.74) is 10.5. The van der Waals surface area contributed by atoms with Crippen molar-refractivity contribution in [2.24, 2.45) is 11.5 Å². The summed E-state index contributed by atoms with van der Waals surface area (Å²) < 4.78 is 13.1. The maximum absolute atomic E-state index is 13.1. The third-order valence-corrected chi connectivity index (χ3v) is 1.99. The van der Waals surface area contributed by atoms with Gasteiger partial charge in [-0.15, -0.1) is 12.4 Å². The smallest absolute Gasteiger partial charge is 0.335 e. The number of aromatic carboxylic acids is 1. The second-order valence-electron chi connectivity index (χ2n) is 3.04. The molecule has 0 aromatic heterocycles. The van der Waals surface area contributed by atoms with E-state index in [2.05, 4.69) is 0 Å². The SMILES string of the molecule is Cl.NC[C@@H](N)c1cc(C(=O)O)cc(F)c1O. The van der Waals surface area contributed by atoms with Crippen molar-refractivity contribution >= 4 is 18.4 Å². The molecule has 0 radical (unpaired) electrons. The maximum Gasteiger partial charge on any atom is 0.335 e. The van der Waals surface area contributed by atoms with Crippen molar-refractivity contribution in [3.05, 3.63) is 29.1 Å². The molecule has 7 heteroatoms. The predicted octanol–water partition coefficient (Wildman–Crippen LogP) is 0.610. The first-order valence-electron chi connectivity index (χ1n) is 4.18. The topological polar surface area (TPSA) is 110 Å². The summed E-state index contributed by atoms with van der Waals surface area (Å²) in [7, 11) is 0. The summed E-state index contributed by atoms with van der Waals surface area (Å²) in [5.74, 6) is -2.97. The zero-order valence-electron chi connectivity index (χ0n) is 8.18. The molecule has 0 aliphatic heterocycles. The highest BCUT2D eigenvalue weighted by atomic mass is 35.5. The zero-order valence-corrected chi connectivity index (χ0v) is 9.00. The van der Waals surface area contributed by atoms with E-state index in [1.165, 1.54) is 0 Å². The number of aromatic hydroxyl groups is 1. The van der Waals surface area contributed by atoms with E-state index in [0.717, 1.165) is 12.1 Å². The Morgan fingerprint density at radius 3 is 2.50 bits per heavy atom. The van der Waals surface area contributed by atoms with E-state index in [1.54, 1.807) is 0 Å². The highest BCUT2D eigenvalue weighted by Gasteiger charge is 2.17. The molecule has 5 nitrogen and oxygen atoms in total. The largest absolute Gasteiger partial charge is 0.505 e. The van der Waals surface area contributed by atoms with Crippen LogP contribution in [0.3, 0.4) is 0 Å². The molecule has 0 unspecified atom stereocenters. The second kappa shape index (κ2) is 5.64. The van der Waals surface area contributed by atoms with Crippen LogP contribution in [0.25, 0.3) is 0 Å². The Labute approximate surface area is 97.3 Å². The number of carboxylic acid groups (broad SMARTS) is 1. The Bertz CT molecular complexity index is 401. The number of hydrogen-bond acceptors (Lipinski definition) is 4. The van der Waals surface area contributed by atoms with E-state index in [9.17, 15) is 14.3 Å². The molecule has 0 spiro atoms. The molecule has 0 saturated heterocycles. The lowest BCUT2D eigenvalue weighted by Gasteiger charge is -2.12. The maximum atomic E-state index is 13.1. The van der Waals surface area contributed by atoms with Gasteiger partial charge in [0.15, 0.2) is 11.6 Å². The molecule has 1 atom stereocenters. The first-order chi connectivity index (χ1) is 6.97. The standard InChI is InChI=1S/C9H11FN2O3.ClH/c10-6-2-4(9(14)15)1-5(8(6)13)7(12)3-11;/h1-2,7,13H,3,11-12H2,(H,14,15);1H/t7-;/m1./s1. The van der Waals surface area contributed by atoms with Crippen molar-refractivity contribution in [2.75, 3.05) is 6.54 Å². The third-order valence-electron chi connectivity index (χ3n) is 1.99. The van der Waals surface area contributed by atoms with Gasteiger partial charge in [-0.05, 0) is 12.1 Å². The third kappa shape index (κ3) is 2.82. The number of halogens is 2. The lowest BCUT2D eigenvalue weighted by atomic mass is 10.0. The average Bonchev–Trinajstić information content (AvgIpc) is 2.20. The monoisotopic (exact) mass is 250 g/mol. The number of rotatable bonds is 3. The van der Waals surface area contributed by atoms with Crippen molar-refractivity contribution in [1.82, 2.24) is 0 Å². The first-order valence-corrected chi connectivity index (χ1v) is 4.18. The first kappa shape index (κ1) is 14.6. The fourth-order valence-corrected chi connectivity index (χ4v) is 1.15. The van der Waals surface area contributed by atoms with Gasteiger partial charge in [-0.2, -0.15) is 0 Å². The minimum absolute atomic E-state index is 0. The van der Waals surface area contributed by atoms with E-state index in [1.807, 2.05) is 0 Å². The number of carboxylic acids is 1. The quantitative estimate of drug-likeness (QED) is 0.628. The molecule has 90 valence electrons. The molecule has 0 saturated carbocycles. The lowest BCUT2D eigenvalue weighted by Crippen LogP contribution is -2.21. The van der Waals surface area contributed by atoms with Gasteiger partial charge in [-0.3, -0.25) is 0 Å². The van der Waals surface area contributed by atoms with Crippen LogP contribution in [0.2, 0.25) is 0 Å². The van der Waals surface area contributed by atoms with Crippen molar-refractivity contribution in [3.8, 4) is 5.75 Å². The number of phenolic OH excluding ortho intramolecular Hbond substituents is 1. The molecular weight excluding hydrogens is 239 g/mol. The summed E-state index contributed by atoms with van der Waals surface area (Å²) in [4.78, 5) is 10.6. The fourth-order valence-electron chi connectivity index (χ4n) is 1.15. The summed E-state index contributed by atoms with van der Waals surface area (Å²) in [6, 6.07) is 1.04. The Hall–Kier alpha value is -1.37. The van der Waals surface area contributed by atoms with Gasteiger partial charge in [-0.1, -0.05) is 0 Å². The van der Waals surface area contributed by atoms with Gasteiger partial charge >= 0.3 is 5.97 Å². The number of benzene rings is 1. The molecule has 1 aromatic carbocycles. The highest BCUT2D eigenvalue weighted by molar-refractivity contribution is 5.88. The van der Waals surface area contributed by atoms with Crippen molar-refractivity contribution in [1.29, 1.82) is 0 Å². The van der Waals surface area contributed by atoms with Crippen LogP contribution in [-0.4, -0.2) is 22.7 Å². The van der Waals surface area contributed by atoms with Gasteiger partial charge in [0, 0.05) is 18.2 Å². The van der Waals surface area contributed by atoms with Crippen molar-refractivity contribution < 1.29 is 19.4 Å². The van der Waals surface area contributed by atoms with Gasteiger partial charge in [0.25, 0.3) is 0 Å². The normalized spacial score (nSPS) is 11.7. The molecule has 0 amide bonds. The van der Waals surface area contributed by atoms with Crippen molar-refractivity contribution in [2.45, 2.75) is 6.04 Å². The Balaban J connectivity index is 0.00000225. The summed E-state index contributed by atoms with van der Waals surface area (Å²) >= 11 is 0. The molecule has 1 rings (SSSR count). The molecule has 0 aliphatic carbocycles. The zero-order chi connectivity index (χ0) is 11.6. The van der Waals surface area contributed by atoms with Gasteiger partial charge in [0.1, 0.15) is 0 Å². The van der Waals surface area contributed by atoms with E-state index >= 15 is 0 Å². The Morgan fingerprint density at radius 1 is 1.50 bits per heavy atom. The molecule has 0 bridgehead atoms. The number of nitrogens with two attached hydrogens (primary N) is 2. The minimum Gasteiger partial charge on any atom is -0.505 e. The summed E-state index contributed by atoms with van der Waals surface area (Å²) in [6.45, 7) is -0.0178. The molecule has 0 heterocycles. The van der Waals surface area contributed by atoms with Crippen LogP contribution in [0.5, 0.6) is 5.75 Å². The fraction of sp³-hybridized carbons (Fsp3) is 0.222. The average molecular weight is 251 g/mol. The van der Waals surface area contributed by atoms with Crippen LogP contribution < -0.4 is 11.5 Å². The Kier molecular flexibility index (Phi) is 5.16. The van der Waals surface area contributed by atoms with E-state index in [4.69, 9.17) is 16.6 Å². The van der Waals surface area contributed by atoms with Gasteiger partial charge in [-0.25, -0.2) is 9.18 Å². The number of hydrogen-bond donors (Lipinski definition) is 4. The highest BCUT2D eigenvalue weighted by Crippen LogP contribution is 2.27. The van der Waals surface area contributed by atoms with Crippen LogP contribution in [0.1, 0.15) is 22.0 Å². The van der Waals surface area contributed by atoms with Crippen LogP contribution >= 0.6 is 12.4 Å². The molecule has 16 heavy (non-hydrogen) atoms. The van der Waals surface area contributed by atoms with E-state index in [0.29, 0.717) is 0 Å². The lowest BCUT2D eigenvalue weighted by molar-refractivity contribution is 0.0696. The molecular formula is C9H12ClFN2O3. The number of carbonyl (C=O) groups is 1. The van der Waals surface area contributed by atoms with Gasteiger partial charge in [0.2, 0.25) is 0 Å². The Morgan fingerprint density at radius 2 is 2.06 bits per heavy atom. The summed E-state index contributed by atoms with van der Waals surface area (Å²) in [5, 5.41) is 18.0. The van der Waals surface area contributed by atoms with Crippen LogP contribution in [0.15, 0.2) is 12.1 Å². The minimum atomic E-state index is -1.29. The van der Waals surface area contributed by atoms with Gasteiger partial charge in [0.05, 0.1) is 5.56 Å². The van der Waals surface area contributed by atoms with Crippen molar-refractivity contribution in [3.63, 3.8) is 0 Å². The van der Waals surface area contributed by atoms with Crippen LogP contribution in [0, 0.1) is 5.82 Å². The van der Waals surface area contributed by atoms with E-state index in [-0.39, 0.29) is 30.1 Å².